The van der Waals surface area contributed by atoms with E-state index in [0.29, 0.717) is 5.92 Å². The molecule has 0 aliphatic rings. The summed E-state index contributed by atoms with van der Waals surface area (Å²) < 4.78 is 0. The van der Waals surface area contributed by atoms with Crippen molar-refractivity contribution in [2.75, 3.05) is 13.1 Å². The van der Waals surface area contributed by atoms with Crippen LogP contribution in [0.5, 0.6) is 0 Å². The van der Waals surface area contributed by atoms with Crippen molar-refractivity contribution in [1.29, 1.82) is 0 Å². The lowest BCUT2D eigenvalue weighted by Gasteiger charge is -2.12. The molecule has 0 amide bonds. The first-order valence-corrected chi connectivity index (χ1v) is 6.10. The molecule has 0 aliphatic heterocycles. The van der Waals surface area contributed by atoms with Crippen LogP contribution in [-0.4, -0.2) is 13.1 Å². The Morgan fingerprint density at radius 2 is 2.00 bits per heavy atom. The van der Waals surface area contributed by atoms with Gasteiger partial charge in [-0.2, -0.15) is 0 Å². The highest BCUT2D eigenvalue weighted by Crippen LogP contribution is 2.09. The van der Waals surface area contributed by atoms with Crippen LogP contribution in [0, 0.1) is 19.8 Å². The maximum atomic E-state index is 5.52. The molecule has 16 heavy (non-hydrogen) atoms. The average molecular weight is 220 g/mol. The molecule has 3 N–H and O–H groups in total. The van der Waals surface area contributed by atoms with E-state index >= 15 is 0 Å². The maximum Gasteiger partial charge on any atom is 0.0205 e. The third-order valence-corrected chi connectivity index (χ3v) is 3.05. The van der Waals surface area contributed by atoms with Gasteiger partial charge in [0.1, 0.15) is 0 Å². The van der Waals surface area contributed by atoms with Crippen molar-refractivity contribution in [3.63, 3.8) is 0 Å². The molecule has 0 aliphatic carbocycles. The molecule has 0 fully saturated rings. The highest BCUT2D eigenvalue weighted by atomic mass is 14.9. The Kier molecular flexibility index (Phi) is 5.50. The number of nitrogens with two attached hydrogens (primary N) is 1. The van der Waals surface area contributed by atoms with Crippen LogP contribution in [0.1, 0.15) is 30.0 Å². The number of nitrogens with one attached hydrogen (secondary N) is 1. The van der Waals surface area contributed by atoms with E-state index in [2.05, 4.69) is 44.3 Å². The van der Waals surface area contributed by atoms with Crippen molar-refractivity contribution in [3.05, 3.63) is 34.9 Å². The smallest absolute Gasteiger partial charge is 0.0205 e. The van der Waals surface area contributed by atoms with Crippen LogP contribution in [0.3, 0.4) is 0 Å². The highest BCUT2D eigenvalue weighted by molar-refractivity contribution is 5.29. The molecule has 0 bridgehead atoms. The van der Waals surface area contributed by atoms with Crippen molar-refractivity contribution >= 4 is 0 Å². The van der Waals surface area contributed by atoms with E-state index in [1.165, 1.54) is 16.7 Å². The quantitative estimate of drug-likeness (QED) is 0.772. The summed E-state index contributed by atoms with van der Waals surface area (Å²) in [7, 11) is 0. The molecule has 90 valence electrons. The fourth-order valence-electron chi connectivity index (χ4n) is 1.76. The maximum absolute atomic E-state index is 5.52. The molecular formula is C14H24N2. The van der Waals surface area contributed by atoms with Crippen LogP contribution in [-0.2, 0) is 6.54 Å². The molecule has 0 saturated carbocycles. The Balaban J connectivity index is 2.34. The monoisotopic (exact) mass is 220 g/mol. The number of hydrogen-bond acceptors (Lipinski definition) is 2. The topological polar surface area (TPSA) is 38.0 Å². The lowest BCUT2D eigenvalue weighted by molar-refractivity contribution is 0.486. The van der Waals surface area contributed by atoms with Crippen molar-refractivity contribution < 1.29 is 0 Å². The van der Waals surface area contributed by atoms with E-state index in [0.717, 1.165) is 26.1 Å². The number of rotatable bonds is 6. The summed E-state index contributed by atoms with van der Waals surface area (Å²) in [5.74, 6) is 0.663. The highest BCUT2D eigenvalue weighted by Gasteiger charge is 2.00. The van der Waals surface area contributed by atoms with E-state index in [9.17, 15) is 0 Å². The first-order chi connectivity index (χ1) is 7.63. The molecule has 2 nitrogen and oxygen atoms in total. The van der Waals surface area contributed by atoms with Crippen molar-refractivity contribution in [2.45, 2.75) is 33.7 Å². The van der Waals surface area contributed by atoms with Gasteiger partial charge in [-0.1, -0.05) is 25.1 Å². The van der Waals surface area contributed by atoms with Gasteiger partial charge in [-0.05, 0) is 56.0 Å². The van der Waals surface area contributed by atoms with Crippen LogP contribution in [0.4, 0.5) is 0 Å². The van der Waals surface area contributed by atoms with Crippen molar-refractivity contribution in [2.24, 2.45) is 11.7 Å². The number of aryl methyl sites for hydroxylation is 2. The van der Waals surface area contributed by atoms with Gasteiger partial charge < -0.3 is 11.1 Å². The Morgan fingerprint density at radius 1 is 1.25 bits per heavy atom. The van der Waals surface area contributed by atoms with Gasteiger partial charge in [-0.3, -0.25) is 0 Å². The molecule has 0 radical (unpaired) electrons. The van der Waals surface area contributed by atoms with E-state index in [-0.39, 0.29) is 0 Å². The first-order valence-electron chi connectivity index (χ1n) is 6.10. The summed E-state index contributed by atoms with van der Waals surface area (Å²) in [6.07, 6.45) is 1.10. The molecule has 0 aromatic heterocycles. The van der Waals surface area contributed by atoms with Gasteiger partial charge in [-0.25, -0.2) is 0 Å². The minimum Gasteiger partial charge on any atom is -0.330 e. The number of hydrogen-bond donors (Lipinski definition) is 2. The summed E-state index contributed by atoms with van der Waals surface area (Å²) in [5, 5.41) is 3.48. The third kappa shape index (κ3) is 4.33. The third-order valence-electron chi connectivity index (χ3n) is 3.05. The number of benzene rings is 1. The van der Waals surface area contributed by atoms with Crippen LogP contribution < -0.4 is 11.1 Å². The molecule has 1 unspecified atom stereocenters. The van der Waals surface area contributed by atoms with Gasteiger partial charge in [0, 0.05) is 6.54 Å². The predicted octanol–water partition coefficient (Wildman–Crippen LogP) is 2.38. The summed E-state index contributed by atoms with van der Waals surface area (Å²) in [5.41, 5.74) is 9.62. The van der Waals surface area contributed by atoms with Crippen LogP contribution in [0.25, 0.3) is 0 Å². The van der Waals surface area contributed by atoms with Gasteiger partial charge in [0.15, 0.2) is 0 Å². The van der Waals surface area contributed by atoms with Gasteiger partial charge in [0.2, 0.25) is 0 Å². The van der Waals surface area contributed by atoms with E-state index < -0.39 is 0 Å². The van der Waals surface area contributed by atoms with Crippen molar-refractivity contribution in [3.8, 4) is 0 Å². The van der Waals surface area contributed by atoms with Gasteiger partial charge >= 0.3 is 0 Å². The zero-order chi connectivity index (χ0) is 12.0. The molecule has 0 spiro atoms. The lowest BCUT2D eigenvalue weighted by Crippen LogP contribution is -2.22. The van der Waals surface area contributed by atoms with E-state index in [1.54, 1.807) is 0 Å². The molecule has 0 heterocycles. The molecule has 1 atom stereocenters. The van der Waals surface area contributed by atoms with Gasteiger partial charge in [0.05, 0.1) is 0 Å². The SMILES string of the molecule is Cc1ccc(CNCC(C)CCN)cc1C. The van der Waals surface area contributed by atoms with Crippen LogP contribution in [0.15, 0.2) is 18.2 Å². The van der Waals surface area contributed by atoms with E-state index in [4.69, 9.17) is 5.73 Å². The fourth-order valence-corrected chi connectivity index (χ4v) is 1.76. The summed E-state index contributed by atoms with van der Waals surface area (Å²) in [4.78, 5) is 0. The second kappa shape index (κ2) is 6.66. The van der Waals surface area contributed by atoms with Gasteiger partial charge in [-0.15, -0.1) is 0 Å². The molecule has 1 aromatic carbocycles. The standard InChI is InChI=1S/C14H24N2/c1-11(6-7-15)9-16-10-14-5-4-12(2)13(3)8-14/h4-5,8,11,16H,6-7,9-10,15H2,1-3H3. The van der Waals surface area contributed by atoms with Crippen LogP contribution >= 0.6 is 0 Å². The minimum atomic E-state index is 0.663. The molecule has 2 heteroatoms. The molecule has 1 rings (SSSR count). The summed E-state index contributed by atoms with van der Waals surface area (Å²) in [6.45, 7) is 9.33. The van der Waals surface area contributed by atoms with Crippen molar-refractivity contribution in [1.82, 2.24) is 5.32 Å². The summed E-state index contributed by atoms with van der Waals surface area (Å²) in [6, 6.07) is 6.65. The average Bonchev–Trinajstić information content (AvgIpc) is 2.24. The zero-order valence-corrected chi connectivity index (χ0v) is 10.7. The molecular weight excluding hydrogens is 196 g/mol. The minimum absolute atomic E-state index is 0.663. The Labute approximate surface area is 99.2 Å². The van der Waals surface area contributed by atoms with Gasteiger partial charge in [0.25, 0.3) is 0 Å². The predicted molar refractivity (Wildman–Crippen MR) is 70.5 cm³/mol. The zero-order valence-electron chi connectivity index (χ0n) is 10.7. The molecule has 0 saturated heterocycles. The fraction of sp³-hybridized carbons (Fsp3) is 0.571. The normalized spacial score (nSPS) is 12.8. The second-order valence-corrected chi connectivity index (χ2v) is 4.73. The van der Waals surface area contributed by atoms with E-state index in [1.807, 2.05) is 0 Å². The second-order valence-electron chi connectivity index (χ2n) is 4.73. The summed E-state index contributed by atoms with van der Waals surface area (Å²) >= 11 is 0. The first kappa shape index (κ1) is 13.2. The Hall–Kier alpha value is -0.860. The Morgan fingerprint density at radius 3 is 2.62 bits per heavy atom. The molecule has 1 aromatic rings. The lowest BCUT2D eigenvalue weighted by atomic mass is 10.1. The largest absolute Gasteiger partial charge is 0.330 e. The van der Waals surface area contributed by atoms with Crippen LogP contribution in [0.2, 0.25) is 0 Å². The Bertz CT molecular complexity index is 321.